The molecule has 6 heteroatoms. The van der Waals surface area contributed by atoms with Gasteiger partial charge in [0.25, 0.3) is 0 Å². The van der Waals surface area contributed by atoms with Crippen LogP contribution in [0.3, 0.4) is 0 Å². The fourth-order valence-corrected chi connectivity index (χ4v) is 1.30. The molecule has 0 aliphatic carbocycles. The van der Waals surface area contributed by atoms with Crippen LogP contribution < -0.4 is 5.32 Å². The predicted molar refractivity (Wildman–Crippen MR) is 64.2 cm³/mol. The molecule has 102 valence electrons. The van der Waals surface area contributed by atoms with Gasteiger partial charge >= 0.3 is 5.97 Å². The maximum Gasteiger partial charge on any atom is 0.331 e. The highest BCUT2D eigenvalue weighted by molar-refractivity contribution is 6.01. The third-order valence-corrected chi connectivity index (χ3v) is 2.66. The van der Waals surface area contributed by atoms with Crippen molar-refractivity contribution in [2.75, 3.05) is 0 Å². The van der Waals surface area contributed by atoms with Gasteiger partial charge in [-0.25, -0.2) is 13.6 Å². The summed E-state index contributed by atoms with van der Waals surface area (Å²) in [7, 11) is 0. The molecular weight excluding hydrogens is 256 g/mol. The van der Waals surface area contributed by atoms with Gasteiger partial charge in [0.15, 0.2) is 11.6 Å². The molecule has 0 unspecified atom stereocenters. The Morgan fingerprint density at radius 1 is 1.16 bits per heavy atom. The van der Waals surface area contributed by atoms with Crippen LogP contribution in [0.25, 0.3) is 0 Å². The summed E-state index contributed by atoms with van der Waals surface area (Å²) in [5.41, 5.74) is 0.380. The van der Waals surface area contributed by atoms with Gasteiger partial charge in [-0.05, 0) is 31.5 Å². The summed E-state index contributed by atoms with van der Waals surface area (Å²) in [5, 5.41) is 11.2. The standard InChI is InChI=1S/C13H13F2NO3/c1-7(8(2)13(18)19)12(17)16-6-9-3-4-10(14)11(15)5-9/h3-5H,6H2,1-2H3,(H,16,17)(H,18,19). The lowest BCUT2D eigenvalue weighted by molar-refractivity contribution is -0.133. The molecule has 0 fully saturated rings. The fourth-order valence-electron chi connectivity index (χ4n) is 1.30. The van der Waals surface area contributed by atoms with Crippen molar-refractivity contribution in [2.24, 2.45) is 0 Å². The minimum absolute atomic E-state index is 0.0136. The zero-order valence-corrected chi connectivity index (χ0v) is 10.5. The van der Waals surface area contributed by atoms with Crippen molar-refractivity contribution in [3.63, 3.8) is 0 Å². The average molecular weight is 269 g/mol. The van der Waals surface area contributed by atoms with E-state index in [1.807, 2.05) is 0 Å². The molecule has 0 bridgehead atoms. The van der Waals surface area contributed by atoms with Crippen LogP contribution in [0.5, 0.6) is 0 Å². The van der Waals surface area contributed by atoms with Gasteiger partial charge in [0, 0.05) is 17.7 Å². The number of amides is 1. The molecule has 0 radical (unpaired) electrons. The number of hydrogen-bond acceptors (Lipinski definition) is 2. The molecule has 0 spiro atoms. The van der Waals surface area contributed by atoms with Crippen molar-refractivity contribution < 1.29 is 23.5 Å². The van der Waals surface area contributed by atoms with E-state index in [1.165, 1.54) is 19.9 Å². The van der Waals surface area contributed by atoms with Crippen LogP contribution in [-0.4, -0.2) is 17.0 Å². The number of carboxylic acid groups (broad SMARTS) is 1. The molecule has 0 saturated heterocycles. The minimum Gasteiger partial charge on any atom is -0.478 e. The molecule has 0 heterocycles. The van der Waals surface area contributed by atoms with Gasteiger partial charge in [0.1, 0.15) is 0 Å². The Labute approximate surface area is 108 Å². The van der Waals surface area contributed by atoms with Crippen molar-refractivity contribution in [3.05, 3.63) is 46.5 Å². The van der Waals surface area contributed by atoms with Crippen LogP contribution in [0.4, 0.5) is 8.78 Å². The molecule has 0 saturated carbocycles. The number of benzene rings is 1. The van der Waals surface area contributed by atoms with Crippen molar-refractivity contribution >= 4 is 11.9 Å². The van der Waals surface area contributed by atoms with E-state index in [9.17, 15) is 18.4 Å². The Morgan fingerprint density at radius 3 is 2.32 bits per heavy atom. The first-order valence-electron chi connectivity index (χ1n) is 5.45. The largest absolute Gasteiger partial charge is 0.478 e. The first kappa shape index (κ1) is 14.8. The number of rotatable bonds is 4. The van der Waals surface area contributed by atoms with Crippen molar-refractivity contribution in [2.45, 2.75) is 20.4 Å². The van der Waals surface area contributed by atoms with E-state index in [2.05, 4.69) is 5.32 Å². The Hall–Kier alpha value is -2.24. The van der Waals surface area contributed by atoms with Crippen LogP contribution in [0.1, 0.15) is 19.4 Å². The van der Waals surface area contributed by atoms with Gasteiger partial charge in [-0.3, -0.25) is 4.79 Å². The number of carboxylic acids is 1. The molecule has 1 aromatic rings. The van der Waals surface area contributed by atoms with E-state index in [4.69, 9.17) is 5.11 Å². The molecular formula is C13H13F2NO3. The second-order valence-electron chi connectivity index (χ2n) is 3.99. The topological polar surface area (TPSA) is 66.4 Å². The van der Waals surface area contributed by atoms with Gasteiger partial charge in [0.2, 0.25) is 5.91 Å². The van der Waals surface area contributed by atoms with Crippen LogP contribution in [0, 0.1) is 11.6 Å². The Balaban J connectivity index is 2.72. The van der Waals surface area contributed by atoms with E-state index in [0.717, 1.165) is 12.1 Å². The highest BCUT2D eigenvalue weighted by Gasteiger charge is 2.12. The highest BCUT2D eigenvalue weighted by Crippen LogP contribution is 2.09. The maximum absolute atomic E-state index is 12.9. The number of hydrogen-bond donors (Lipinski definition) is 2. The number of aliphatic carboxylic acids is 1. The monoisotopic (exact) mass is 269 g/mol. The summed E-state index contributed by atoms with van der Waals surface area (Å²) < 4.78 is 25.6. The normalized spacial score (nSPS) is 11.8. The van der Waals surface area contributed by atoms with Gasteiger partial charge < -0.3 is 10.4 Å². The molecule has 0 atom stereocenters. The van der Waals surface area contributed by atoms with Gasteiger partial charge in [-0.2, -0.15) is 0 Å². The van der Waals surface area contributed by atoms with Crippen LogP contribution in [0.15, 0.2) is 29.3 Å². The van der Waals surface area contributed by atoms with E-state index in [-0.39, 0.29) is 17.7 Å². The Morgan fingerprint density at radius 2 is 1.79 bits per heavy atom. The molecule has 0 aliphatic rings. The lowest BCUT2D eigenvalue weighted by atomic mass is 10.1. The number of halogens is 2. The Bertz CT molecular complexity index is 553. The quantitative estimate of drug-likeness (QED) is 0.822. The summed E-state index contributed by atoms with van der Waals surface area (Å²) in [6.07, 6.45) is 0. The zero-order chi connectivity index (χ0) is 14.6. The smallest absolute Gasteiger partial charge is 0.331 e. The molecule has 1 rings (SSSR count). The second kappa shape index (κ2) is 6.08. The first-order chi connectivity index (χ1) is 8.82. The summed E-state index contributed by atoms with van der Waals surface area (Å²) in [5.74, 6) is -3.71. The predicted octanol–water partition coefficient (Wildman–Crippen LogP) is 2.00. The Kier molecular flexibility index (Phi) is 4.74. The number of carbonyl (C=O) groups is 2. The minimum atomic E-state index is -1.18. The second-order valence-corrected chi connectivity index (χ2v) is 3.99. The molecule has 0 aliphatic heterocycles. The SMILES string of the molecule is CC(C(=O)O)=C(C)C(=O)NCc1ccc(F)c(F)c1. The molecule has 1 aromatic carbocycles. The maximum atomic E-state index is 12.9. The van der Waals surface area contributed by atoms with E-state index in [0.29, 0.717) is 5.56 Å². The van der Waals surface area contributed by atoms with Crippen LogP contribution in [0.2, 0.25) is 0 Å². The van der Waals surface area contributed by atoms with Gasteiger partial charge in [-0.15, -0.1) is 0 Å². The number of carbonyl (C=O) groups excluding carboxylic acids is 1. The summed E-state index contributed by atoms with van der Waals surface area (Å²) in [4.78, 5) is 22.3. The van der Waals surface area contributed by atoms with Gasteiger partial charge in [-0.1, -0.05) is 6.07 Å². The summed E-state index contributed by atoms with van der Waals surface area (Å²) in [6.45, 7) is 2.68. The van der Waals surface area contributed by atoms with Crippen LogP contribution in [-0.2, 0) is 16.1 Å². The number of nitrogens with one attached hydrogen (secondary N) is 1. The summed E-state index contributed by atoms with van der Waals surface area (Å²) >= 11 is 0. The third-order valence-electron chi connectivity index (χ3n) is 2.66. The fraction of sp³-hybridized carbons (Fsp3) is 0.231. The molecule has 2 N–H and O–H groups in total. The molecule has 1 amide bonds. The lowest BCUT2D eigenvalue weighted by Gasteiger charge is -2.07. The van der Waals surface area contributed by atoms with E-state index < -0.39 is 23.5 Å². The van der Waals surface area contributed by atoms with E-state index >= 15 is 0 Å². The molecule has 0 aromatic heterocycles. The van der Waals surface area contributed by atoms with Crippen molar-refractivity contribution in [1.82, 2.24) is 5.32 Å². The molecule has 19 heavy (non-hydrogen) atoms. The van der Waals surface area contributed by atoms with Gasteiger partial charge in [0.05, 0.1) is 0 Å². The molecule has 4 nitrogen and oxygen atoms in total. The highest BCUT2D eigenvalue weighted by atomic mass is 19.2. The van der Waals surface area contributed by atoms with Crippen molar-refractivity contribution in [3.8, 4) is 0 Å². The lowest BCUT2D eigenvalue weighted by Crippen LogP contribution is -2.25. The van der Waals surface area contributed by atoms with E-state index in [1.54, 1.807) is 0 Å². The summed E-state index contributed by atoms with van der Waals surface area (Å²) in [6, 6.07) is 3.27. The third kappa shape index (κ3) is 3.87. The van der Waals surface area contributed by atoms with Crippen LogP contribution >= 0.6 is 0 Å². The van der Waals surface area contributed by atoms with Crippen molar-refractivity contribution in [1.29, 1.82) is 0 Å². The first-order valence-corrected chi connectivity index (χ1v) is 5.45. The average Bonchev–Trinajstić information content (AvgIpc) is 2.37. The zero-order valence-electron chi connectivity index (χ0n) is 10.5.